The zero-order valence-electron chi connectivity index (χ0n) is 19.2. The highest BCUT2D eigenvalue weighted by molar-refractivity contribution is 6.26. The molecule has 0 saturated heterocycles. The summed E-state index contributed by atoms with van der Waals surface area (Å²) in [5.74, 6) is 0.869. The van der Waals surface area contributed by atoms with E-state index in [1.165, 1.54) is 97.8 Å². The molecule has 1 aliphatic rings. The van der Waals surface area contributed by atoms with Crippen molar-refractivity contribution in [3.05, 3.63) is 71.4 Å². The van der Waals surface area contributed by atoms with Crippen LogP contribution in [0.5, 0.6) is 0 Å². The van der Waals surface area contributed by atoms with E-state index in [1.54, 1.807) is 0 Å². The fourth-order valence-electron chi connectivity index (χ4n) is 6.71. The lowest BCUT2D eigenvalue weighted by atomic mass is 9.95. The van der Waals surface area contributed by atoms with E-state index >= 15 is 0 Å². The Morgan fingerprint density at radius 3 is 2.53 bits per heavy atom. The van der Waals surface area contributed by atoms with Crippen LogP contribution < -0.4 is 4.57 Å². The van der Waals surface area contributed by atoms with Crippen molar-refractivity contribution in [2.75, 3.05) is 0 Å². The van der Waals surface area contributed by atoms with Crippen LogP contribution in [0.2, 0.25) is 0 Å². The van der Waals surface area contributed by atoms with Crippen LogP contribution in [0.15, 0.2) is 54.7 Å². The highest BCUT2D eigenvalue weighted by Crippen LogP contribution is 2.41. The Balaban J connectivity index is 1.68. The number of hydrogen-bond donors (Lipinski definition) is 0. The Morgan fingerprint density at radius 2 is 1.69 bits per heavy atom. The van der Waals surface area contributed by atoms with Gasteiger partial charge in [-0.05, 0) is 66.5 Å². The van der Waals surface area contributed by atoms with E-state index in [0.717, 1.165) is 5.92 Å². The number of nitrogens with zero attached hydrogens (tertiary/aromatic N) is 2. The minimum absolute atomic E-state index is 0.869. The third kappa shape index (κ3) is 2.33. The zero-order valence-corrected chi connectivity index (χ0v) is 19.2. The second-order valence-electron chi connectivity index (χ2n) is 10.2. The highest BCUT2D eigenvalue weighted by atomic mass is 15.0. The van der Waals surface area contributed by atoms with E-state index < -0.39 is 0 Å². The van der Waals surface area contributed by atoms with Gasteiger partial charge in [-0.2, -0.15) is 4.57 Å². The van der Waals surface area contributed by atoms with Gasteiger partial charge in [0.25, 0.3) is 0 Å². The molecule has 158 valence electrons. The molecule has 0 unspecified atom stereocenters. The van der Waals surface area contributed by atoms with Crippen molar-refractivity contribution in [2.24, 2.45) is 13.0 Å². The normalized spacial score (nSPS) is 15.5. The van der Waals surface area contributed by atoms with Crippen molar-refractivity contribution in [3.8, 4) is 0 Å². The van der Waals surface area contributed by atoms with Crippen LogP contribution in [0.25, 0.3) is 49.0 Å². The molecule has 0 atom stereocenters. The second kappa shape index (κ2) is 6.45. The minimum atomic E-state index is 0.869. The fourth-order valence-corrected chi connectivity index (χ4v) is 6.71. The van der Waals surface area contributed by atoms with Gasteiger partial charge in [0.2, 0.25) is 5.52 Å². The summed E-state index contributed by atoms with van der Waals surface area (Å²) < 4.78 is 4.86. The number of aryl methyl sites for hydroxylation is 3. The molecule has 6 aromatic rings. The van der Waals surface area contributed by atoms with E-state index in [9.17, 15) is 0 Å². The van der Waals surface area contributed by atoms with Crippen molar-refractivity contribution in [3.63, 3.8) is 0 Å². The van der Waals surface area contributed by atoms with Gasteiger partial charge in [0.1, 0.15) is 12.6 Å². The molecule has 2 heteroatoms. The van der Waals surface area contributed by atoms with E-state index in [-0.39, 0.29) is 0 Å². The molecule has 0 radical (unpaired) electrons. The van der Waals surface area contributed by atoms with Crippen LogP contribution in [0.4, 0.5) is 0 Å². The van der Waals surface area contributed by atoms with Crippen LogP contribution >= 0.6 is 0 Å². The first kappa shape index (κ1) is 18.4. The number of aromatic nitrogens is 2. The van der Waals surface area contributed by atoms with Gasteiger partial charge >= 0.3 is 0 Å². The molecule has 32 heavy (non-hydrogen) atoms. The summed E-state index contributed by atoms with van der Waals surface area (Å²) in [4.78, 5) is 0. The summed E-state index contributed by atoms with van der Waals surface area (Å²) in [6.45, 7) is 4.52. The molecule has 3 aromatic carbocycles. The number of benzene rings is 3. The number of pyridine rings is 2. The second-order valence-corrected chi connectivity index (χ2v) is 10.2. The molecule has 7 rings (SSSR count). The van der Waals surface area contributed by atoms with Crippen LogP contribution in [0.3, 0.4) is 0 Å². The number of fused-ring (bicyclic) bond motifs is 5. The molecule has 0 N–H and O–H groups in total. The van der Waals surface area contributed by atoms with E-state index in [2.05, 4.69) is 84.6 Å². The molecular weight excluding hydrogens is 388 g/mol. The average molecular weight is 418 g/mol. The number of hydrogen-bond acceptors (Lipinski definition) is 0. The van der Waals surface area contributed by atoms with Crippen LogP contribution in [-0.2, 0) is 13.5 Å². The van der Waals surface area contributed by atoms with E-state index in [1.807, 2.05) is 0 Å². The van der Waals surface area contributed by atoms with E-state index in [0.29, 0.717) is 0 Å². The van der Waals surface area contributed by atoms with Crippen molar-refractivity contribution in [1.29, 1.82) is 0 Å². The fraction of sp³-hybridized carbons (Fsp3) is 0.300. The molecule has 0 aliphatic heterocycles. The van der Waals surface area contributed by atoms with Crippen LogP contribution in [-0.4, -0.2) is 4.40 Å². The lowest BCUT2D eigenvalue weighted by molar-refractivity contribution is -0.644. The Morgan fingerprint density at radius 1 is 0.844 bits per heavy atom. The smallest absolute Gasteiger partial charge is 0.238 e. The molecule has 3 heterocycles. The molecule has 0 amide bonds. The standard InChI is InChI=1S/C30H29N2/c1-18-15-19(2)27-28-22(18)9-6-10-26(28)32-25-12-11-21(16-20-7-4-5-8-20)17-24(25)23-13-14-31(3)30(27)29(23)32/h6,9-15,17,20H,4-5,7-8,16H2,1-3H3/q+1. The summed E-state index contributed by atoms with van der Waals surface area (Å²) in [6, 6.07) is 18.8. The van der Waals surface area contributed by atoms with Gasteiger partial charge < -0.3 is 4.40 Å². The Bertz CT molecular complexity index is 1680. The Kier molecular flexibility index (Phi) is 3.72. The van der Waals surface area contributed by atoms with Crippen LogP contribution in [0.1, 0.15) is 42.4 Å². The molecule has 1 fully saturated rings. The van der Waals surface area contributed by atoms with E-state index in [4.69, 9.17) is 0 Å². The topological polar surface area (TPSA) is 8.29 Å². The lowest BCUT2D eigenvalue weighted by Gasteiger charge is -2.14. The number of rotatable bonds is 2. The predicted molar refractivity (Wildman–Crippen MR) is 135 cm³/mol. The summed E-state index contributed by atoms with van der Waals surface area (Å²) in [5.41, 5.74) is 9.58. The van der Waals surface area contributed by atoms with Gasteiger partial charge in [-0.25, -0.2) is 0 Å². The summed E-state index contributed by atoms with van der Waals surface area (Å²) in [6.07, 6.45) is 9.10. The first-order chi connectivity index (χ1) is 15.6. The molecule has 1 saturated carbocycles. The summed E-state index contributed by atoms with van der Waals surface area (Å²) in [5, 5.41) is 6.94. The monoisotopic (exact) mass is 417 g/mol. The third-order valence-electron chi connectivity index (χ3n) is 8.13. The molecule has 1 aliphatic carbocycles. The van der Waals surface area contributed by atoms with Gasteiger partial charge in [0, 0.05) is 22.2 Å². The lowest BCUT2D eigenvalue weighted by Crippen LogP contribution is -2.29. The van der Waals surface area contributed by atoms with Gasteiger partial charge in [0.15, 0.2) is 6.20 Å². The Labute approximate surface area is 188 Å². The van der Waals surface area contributed by atoms with Crippen molar-refractivity contribution < 1.29 is 4.57 Å². The quantitative estimate of drug-likeness (QED) is 0.160. The minimum Gasteiger partial charge on any atom is -0.303 e. The highest BCUT2D eigenvalue weighted by Gasteiger charge is 2.25. The van der Waals surface area contributed by atoms with Gasteiger partial charge in [-0.1, -0.05) is 49.9 Å². The first-order valence-corrected chi connectivity index (χ1v) is 12.1. The van der Waals surface area contributed by atoms with Crippen molar-refractivity contribution >= 4 is 49.0 Å². The summed E-state index contributed by atoms with van der Waals surface area (Å²) >= 11 is 0. The molecule has 0 spiro atoms. The first-order valence-electron chi connectivity index (χ1n) is 12.1. The zero-order chi connectivity index (χ0) is 21.6. The predicted octanol–water partition coefficient (Wildman–Crippen LogP) is 7.16. The third-order valence-corrected chi connectivity index (χ3v) is 8.13. The van der Waals surface area contributed by atoms with Gasteiger partial charge in [0.05, 0.1) is 16.4 Å². The molecule has 3 aromatic heterocycles. The maximum Gasteiger partial charge on any atom is 0.238 e. The maximum absolute atomic E-state index is 2.54. The summed E-state index contributed by atoms with van der Waals surface area (Å²) in [7, 11) is 2.20. The average Bonchev–Trinajstić information content (AvgIpc) is 3.41. The van der Waals surface area contributed by atoms with Crippen LogP contribution in [0, 0.1) is 19.8 Å². The molecule has 0 bridgehead atoms. The molecular formula is C30H29N2+. The van der Waals surface area contributed by atoms with Crippen molar-refractivity contribution in [1.82, 2.24) is 4.40 Å². The maximum atomic E-state index is 2.54. The largest absolute Gasteiger partial charge is 0.303 e. The molecule has 2 nitrogen and oxygen atoms in total. The van der Waals surface area contributed by atoms with Gasteiger partial charge in [-0.3, -0.25) is 0 Å². The van der Waals surface area contributed by atoms with Crippen molar-refractivity contribution in [2.45, 2.75) is 46.0 Å². The Hall–Kier alpha value is -3.13. The SMILES string of the molecule is Cc1cc(C)c2c3c1cccc3n1c3ccc(CC4CCCC4)cc3c3cc[n+](C)c2c31. The van der Waals surface area contributed by atoms with Gasteiger partial charge in [-0.15, -0.1) is 0 Å².